The van der Waals surface area contributed by atoms with Crippen LogP contribution in [0.4, 0.5) is 0 Å². The van der Waals surface area contributed by atoms with E-state index in [1.807, 2.05) is 25.8 Å². The van der Waals surface area contributed by atoms with Gasteiger partial charge in [0, 0.05) is 57.5 Å². The van der Waals surface area contributed by atoms with Crippen LogP contribution in [0.5, 0.6) is 0 Å². The van der Waals surface area contributed by atoms with Crippen molar-refractivity contribution in [3.05, 3.63) is 54.1 Å². The lowest BCUT2D eigenvalue weighted by Gasteiger charge is -2.23. The Morgan fingerprint density at radius 1 is 1.15 bits per heavy atom. The predicted octanol–water partition coefficient (Wildman–Crippen LogP) is 2.12. The monoisotopic (exact) mass is 365 g/mol. The minimum absolute atomic E-state index is 0.492. The molecular formula is C21H27N5O. The first kappa shape index (κ1) is 16.8. The summed E-state index contributed by atoms with van der Waals surface area (Å²) in [6.45, 7) is 3.81. The number of aromatic nitrogens is 2. The van der Waals surface area contributed by atoms with Gasteiger partial charge in [0.25, 0.3) is 0 Å². The highest BCUT2D eigenvalue weighted by molar-refractivity contribution is 5.80. The first-order valence-corrected chi connectivity index (χ1v) is 9.95. The van der Waals surface area contributed by atoms with Crippen molar-refractivity contribution in [2.75, 3.05) is 20.1 Å². The number of benzene rings is 1. The molecule has 142 valence electrons. The van der Waals surface area contributed by atoms with E-state index in [2.05, 4.69) is 49.0 Å². The van der Waals surface area contributed by atoms with Gasteiger partial charge in [-0.1, -0.05) is 24.3 Å². The molecule has 6 heteroatoms. The van der Waals surface area contributed by atoms with E-state index >= 15 is 0 Å². The van der Waals surface area contributed by atoms with E-state index in [-0.39, 0.29) is 0 Å². The molecule has 4 heterocycles. The second kappa shape index (κ2) is 7.00. The topological polar surface area (TPSA) is 54.7 Å². The first-order chi connectivity index (χ1) is 13.3. The maximum absolute atomic E-state index is 6.09. The van der Waals surface area contributed by atoms with Gasteiger partial charge < -0.3 is 19.5 Å². The molecule has 0 saturated carbocycles. The van der Waals surface area contributed by atoms with E-state index in [1.165, 1.54) is 24.0 Å². The summed E-state index contributed by atoms with van der Waals surface area (Å²) in [6, 6.07) is 8.77. The zero-order valence-electron chi connectivity index (χ0n) is 15.8. The maximum Gasteiger partial charge on any atom is 0.193 e. The molecule has 6 nitrogen and oxygen atoms in total. The average molecular weight is 365 g/mol. The Kier molecular flexibility index (Phi) is 4.36. The summed E-state index contributed by atoms with van der Waals surface area (Å²) in [6.07, 6.45) is 9.13. The lowest BCUT2D eigenvalue weighted by Crippen LogP contribution is -2.40. The molecule has 0 spiro atoms. The minimum atomic E-state index is 0.492. The number of hydrogen-bond acceptors (Lipinski definition) is 3. The molecule has 3 aliphatic rings. The Balaban J connectivity index is 1.17. The van der Waals surface area contributed by atoms with E-state index in [0.717, 1.165) is 32.1 Å². The molecule has 1 aromatic carbocycles. The highest BCUT2D eigenvalue weighted by atomic mass is 16.5. The van der Waals surface area contributed by atoms with Crippen LogP contribution in [0, 0.1) is 11.8 Å². The number of aliphatic imine (C=N–C) groups is 1. The van der Waals surface area contributed by atoms with Crippen molar-refractivity contribution in [2.24, 2.45) is 16.8 Å². The number of fused-ring (bicyclic) bond motifs is 5. The van der Waals surface area contributed by atoms with Crippen molar-refractivity contribution in [3.63, 3.8) is 0 Å². The van der Waals surface area contributed by atoms with E-state index in [0.29, 0.717) is 24.0 Å². The van der Waals surface area contributed by atoms with Gasteiger partial charge in [-0.25, -0.2) is 4.98 Å². The van der Waals surface area contributed by atoms with Crippen molar-refractivity contribution in [1.82, 2.24) is 19.8 Å². The third kappa shape index (κ3) is 3.23. The van der Waals surface area contributed by atoms with Crippen LogP contribution < -0.4 is 5.32 Å². The molecule has 4 unspecified atom stereocenters. The highest BCUT2D eigenvalue weighted by Gasteiger charge is 2.53. The van der Waals surface area contributed by atoms with Crippen LogP contribution >= 0.6 is 0 Å². The molecule has 0 amide bonds. The number of nitrogens with one attached hydrogen (secondary N) is 1. The predicted molar refractivity (Wildman–Crippen MR) is 104 cm³/mol. The molecular weight excluding hydrogens is 338 g/mol. The highest BCUT2D eigenvalue weighted by Crippen LogP contribution is 2.47. The molecule has 3 fully saturated rings. The fourth-order valence-corrected chi connectivity index (χ4v) is 5.00. The van der Waals surface area contributed by atoms with E-state index in [4.69, 9.17) is 4.74 Å². The van der Waals surface area contributed by atoms with E-state index < -0.39 is 0 Å². The SMILES string of the molecule is CN=C(NCc1ccc(Cn2ccnc2)cc1)N1CC2C3CCC(O3)C2C1. The van der Waals surface area contributed by atoms with E-state index in [9.17, 15) is 0 Å². The van der Waals surface area contributed by atoms with Crippen LogP contribution in [-0.4, -0.2) is 52.8 Å². The lowest BCUT2D eigenvalue weighted by molar-refractivity contribution is 0.0767. The Bertz CT molecular complexity index is 782. The molecule has 1 N–H and O–H groups in total. The molecule has 2 aromatic rings. The number of guanidine groups is 1. The largest absolute Gasteiger partial charge is 0.374 e. The van der Waals surface area contributed by atoms with Gasteiger partial charge in [-0.2, -0.15) is 0 Å². The summed E-state index contributed by atoms with van der Waals surface area (Å²) in [4.78, 5) is 11.1. The number of ether oxygens (including phenoxy) is 1. The Labute approximate surface area is 160 Å². The molecule has 4 atom stereocenters. The van der Waals surface area contributed by atoms with Gasteiger partial charge in [0.05, 0.1) is 18.5 Å². The smallest absolute Gasteiger partial charge is 0.193 e. The third-order valence-corrected chi connectivity index (χ3v) is 6.36. The minimum Gasteiger partial charge on any atom is -0.374 e. The van der Waals surface area contributed by atoms with Gasteiger partial charge in [0.15, 0.2) is 5.96 Å². The number of likely N-dealkylation sites (tertiary alicyclic amines) is 1. The summed E-state index contributed by atoms with van der Waals surface area (Å²) >= 11 is 0. The Morgan fingerprint density at radius 2 is 1.85 bits per heavy atom. The fourth-order valence-electron chi connectivity index (χ4n) is 5.00. The molecule has 3 aliphatic heterocycles. The molecule has 1 aromatic heterocycles. The quantitative estimate of drug-likeness (QED) is 0.666. The van der Waals surface area contributed by atoms with Gasteiger partial charge in [0.2, 0.25) is 0 Å². The second-order valence-electron chi connectivity index (χ2n) is 7.98. The summed E-state index contributed by atoms with van der Waals surface area (Å²) in [5, 5.41) is 3.55. The number of hydrogen-bond donors (Lipinski definition) is 1. The Hall–Kier alpha value is -2.34. The average Bonchev–Trinajstić information content (AvgIpc) is 3.46. The summed E-state index contributed by atoms with van der Waals surface area (Å²) in [5.41, 5.74) is 2.55. The lowest BCUT2D eigenvalue weighted by atomic mass is 9.82. The van der Waals surface area contributed by atoms with Gasteiger partial charge in [-0.3, -0.25) is 4.99 Å². The van der Waals surface area contributed by atoms with Crippen molar-refractivity contribution in [2.45, 2.75) is 38.1 Å². The van der Waals surface area contributed by atoms with Crippen LogP contribution in [0.3, 0.4) is 0 Å². The zero-order valence-corrected chi connectivity index (χ0v) is 15.8. The molecule has 5 rings (SSSR count). The summed E-state index contributed by atoms with van der Waals surface area (Å²) in [7, 11) is 1.88. The normalized spacial score (nSPS) is 29.4. The van der Waals surface area contributed by atoms with Crippen molar-refractivity contribution in [3.8, 4) is 0 Å². The number of rotatable bonds is 4. The summed E-state index contributed by atoms with van der Waals surface area (Å²) in [5.74, 6) is 2.42. The van der Waals surface area contributed by atoms with Crippen LogP contribution in [0.2, 0.25) is 0 Å². The third-order valence-electron chi connectivity index (χ3n) is 6.36. The molecule has 0 radical (unpaired) electrons. The summed E-state index contributed by atoms with van der Waals surface area (Å²) < 4.78 is 8.17. The fraction of sp³-hybridized carbons (Fsp3) is 0.524. The van der Waals surface area contributed by atoms with Gasteiger partial charge in [-0.15, -0.1) is 0 Å². The molecule has 0 aliphatic carbocycles. The van der Waals surface area contributed by atoms with Crippen molar-refractivity contribution >= 4 is 5.96 Å². The van der Waals surface area contributed by atoms with Crippen LogP contribution in [-0.2, 0) is 17.8 Å². The van der Waals surface area contributed by atoms with Gasteiger partial charge >= 0.3 is 0 Å². The molecule has 3 saturated heterocycles. The first-order valence-electron chi connectivity index (χ1n) is 9.95. The van der Waals surface area contributed by atoms with Crippen molar-refractivity contribution < 1.29 is 4.74 Å². The number of nitrogens with zero attached hydrogens (tertiary/aromatic N) is 4. The van der Waals surface area contributed by atoms with E-state index in [1.54, 1.807) is 0 Å². The standard InChI is InChI=1S/C21H27N5O/c1-22-21(26-12-17-18(13-26)20-7-6-19(17)27-20)24-10-15-2-4-16(5-3-15)11-25-9-8-23-14-25/h2-5,8-9,14,17-20H,6-7,10-13H2,1H3,(H,22,24). The van der Waals surface area contributed by atoms with Gasteiger partial charge in [0.1, 0.15) is 0 Å². The molecule has 27 heavy (non-hydrogen) atoms. The van der Waals surface area contributed by atoms with Crippen molar-refractivity contribution in [1.29, 1.82) is 0 Å². The Morgan fingerprint density at radius 3 is 2.48 bits per heavy atom. The van der Waals surface area contributed by atoms with Crippen LogP contribution in [0.15, 0.2) is 48.0 Å². The zero-order chi connectivity index (χ0) is 18.2. The molecule has 2 bridgehead atoms. The second-order valence-corrected chi connectivity index (χ2v) is 7.98. The van der Waals surface area contributed by atoms with Gasteiger partial charge in [-0.05, 0) is 24.0 Å². The number of imidazole rings is 1. The van der Waals surface area contributed by atoms with Crippen LogP contribution in [0.25, 0.3) is 0 Å². The maximum atomic E-state index is 6.09. The van der Waals surface area contributed by atoms with Crippen LogP contribution in [0.1, 0.15) is 24.0 Å².